The van der Waals surface area contributed by atoms with Crippen LogP contribution in [0.3, 0.4) is 0 Å². The van der Waals surface area contributed by atoms with Gasteiger partial charge in [0.25, 0.3) is 0 Å². The highest BCUT2D eigenvalue weighted by molar-refractivity contribution is 14.1. The highest BCUT2D eigenvalue weighted by Gasteiger charge is 2.13. The van der Waals surface area contributed by atoms with Gasteiger partial charge in [-0.25, -0.2) is 9.97 Å². The van der Waals surface area contributed by atoms with E-state index in [1.165, 1.54) is 6.33 Å². The molecule has 2 aromatic rings. The quantitative estimate of drug-likeness (QED) is 0.685. The van der Waals surface area contributed by atoms with Crippen LogP contribution in [0, 0.1) is 3.57 Å². The van der Waals surface area contributed by atoms with Crippen LogP contribution in [0.5, 0.6) is 5.75 Å². The van der Waals surface area contributed by atoms with Crippen molar-refractivity contribution in [2.24, 2.45) is 0 Å². The first-order valence-electron chi connectivity index (χ1n) is 6.50. The summed E-state index contributed by atoms with van der Waals surface area (Å²) in [5.74, 6) is 1.81. The van der Waals surface area contributed by atoms with Crippen LogP contribution in [-0.2, 0) is 0 Å². The summed E-state index contributed by atoms with van der Waals surface area (Å²) in [5.41, 5.74) is 0.774. The summed E-state index contributed by atoms with van der Waals surface area (Å²) in [6.45, 7) is 2.91. The fraction of sp³-hybridized carbons (Fsp3) is 0.286. The van der Waals surface area contributed by atoms with Crippen LogP contribution >= 0.6 is 34.2 Å². The Balaban J connectivity index is 2.30. The molecule has 0 radical (unpaired) electrons. The largest absolute Gasteiger partial charge is 0.490 e. The van der Waals surface area contributed by atoms with Gasteiger partial charge in [0.1, 0.15) is 6.33 Å². The Bertz CT molecular complexity index is 624. The fourth-order valence-corrected chi connectivity index (χ4v) is 2.65. The van der Waals surface area contributed by atoms with Gasteiger partial charge in [0.15, 0.2) is 11.6 Å². The van der Waals surface area contributed by atoms with Crippen molar-refractivity contribution in [1.29, 1.82) is 0 Å². The minimum atomic E-state index is 0.570. The SMILES string of the molecule is CCCNc1ncnc(Nc2ccc(I)cc2Cl)c1OC. The predicted octanol–water partition coefficient (Wildman–Crippen LogP) is 4.31. The van der Waals surface area contributed by atoms with Crippen LogP contribution in [0.1, 0.15) is 13.3 Å². The maximum Gasteiger partial charge on any atom is 0.204 e. The van der Waals surface area contributed by atoms with Crippen molar-refractivity contribution >= 4 is 51.5 Å². The average Bonchev–Trinajstić information content (AvgIpc) is 2.48. The van der Waals surface area contributed by atoms with Gasteiger partial charge in [0.2, 0.25) is 5.75 Å². The van der Waals surface area contributed by atoms with Gasteiger partial charge in [-0.2, -0.15) is 0 Å². The lowest BCUT2D eigenvalue weighted by molar-refractivity contribution is 0.415. The van der Waals surface area contributed by atoms with Gasteiger partial charge in [-0.1, -0.05) is 18.5 Å². The van der Waals surface area contributed by atoms with E-state index in [0.29, 0.717) is 22.4 Å². The second-order valence-electron chi connectivity index (χ2n) is 4.28. The number of aromatic nitrogens is 2. The van der Waals surface area contributed by atoms with E-state index in [1.807, 2.05) is 18.2 Å². The molecule has 0 saturated heterocycles. The van der Waals surface area contributed by atoms with Gasteiger partial charge in [-0.05, 0) is 47.2 Å². The molecule has 0 amide bonds. The molecule has 112 valence electrons. The molecule has 0 aliphatic carbocycles. The van der Waals surface area contributed by atoms with Crippen molar-refractivity contribution in [3.05, 3.63) is 33.1 Å². The number of halogens is 2. The van der Waals surface area contributed by atoms with E-state index >= 15 is 0 Å². The lowest BCUT2D eigenvalue weighted by Gasteiger charge is -2.14. The van der Waals surface area contributed by atoms with Crippen LogP contribution in [0.15, 0.2) is 24.5 Å². The minimum Gasteiger partial charge on any atom is -0.490 e. The fourth-order valence-electron chi connectivity index (χ4n) is 1.74. The van der Waals surface area contributed by atoms with Gasteiger partial charge < -0.3 is 15.4 Å². The lowest BCUT2D eigenvalue weighted by Crippen LogP contribution is -2.07. The highest BCUT2D eigenvalue weighted by Crippen LogP contribution is 2.33. The summed E-state index contributed by atoms with van der Waals surface area (Å²) < 4.78 is 6.49. The molecule has 0 aliphatic rings. The maximum atomic E-state index is 6.23. The Labute approximate surface area is 142 Å². The Morgan fingerprint density at radius 2 is 2.05 bits per heavy atom. The average molecular weight is 419 g/mol. The molecule has 0 aliphatic heterocycles. The number of nitrogens with zero attached hydrogens (tertiary/aromatic N) is 2. The van der Waals surface area contributed by atoms with E-state index in [2.05, 4.69) is 50.1 Å². The zero-order valence-electron chi connectivity index (χ0n) is 11.8. The van der Waals surface area contributed by atoms with Crippen molar-refractivity contribution in [2.75, 3.05) is 24.3 Å². The number of benzene rings is 1. The van der Waals surface area contributed by atoms with Gasteiger partial charge in [-0.15, -0.1) is 0 Å². The molecule has 0 atom stereocenters. The third kappa shape index (κ3) is 4.10. The second-order valence-corrected chi connectivity index (χ2v) is 5.93. The Hall–Kier alpha value is -1.28. The second kappa shape index (κ2) is 7.65. The van der Waals surface area contributed by atoms with Crippen molar-refractivity contribution in [3.63, 3.8) is 0 Å². The highest BCUT2D eigenvalue weighted by atomic mass is 127. The first-order chi connectivity index (χ1) is 10.2. The van der Waals surface area contributed by atoms with Crippen molar-refractivity contribution in [2.45, 2.75) is 13.3 Å². The molecule has 0 spiro atoms. The van der Waals surface area contributed by atoms with Gasteiger partial charge >= 0.3 is 0 Å². The summed E-state index contributed by atoms with van der Waals surface area (Å²) in [6, 6.07) is 5.76. The van der Waals surface area contributed by atoms with Gasteiger partial charge in [-0.3, -0.25) is 0 Å². The summed E-state index contributed by atoms with van der Waals surface area (Å²) >= 11 is 8.45. The number of nitrogens with one attached hydrogen (secondary N) is 2. The number of anilines is 3. The van der Waals surface area contributed by atoms with E-state index in [1.54, 1.807) is 7.11 Å². The minimum absolute atomic E-state index is 0.570. The Kier molecular flexibility index (Phi) is 5.86. The molecule has 1 heterocycles. The first kappa shape index (κ1) is 16.1. The normalized spacial score (nSPS) is 10.3. The Morgan fingerprint density at radius 1 is 1.29 bits per heavy atom. The molecule has 1 aromatic carbocycles. The van der Waals surface area contributed by atoms with Crippen molar-refractivity contribution < 1.29 is 4.74 Å². The molecule has 7 heteroatoms. The molecular weight excluding hydrogens is 403 g/mol. The lowest BCUT2D eigenvalue weighted by atomic mass is 10.3. The van der Waals surface area contributed by atoms with E-state index < -0.39 is 0 Å². The van der Waals surface area contributed by atoms with Crippen LogP contribution in [0.4, 0.5) is 17.3 Å². The standard InChI is InChI=1S/C14H16ClIN4O/c1-3-6-17-13-12(21-2)14(19-8-18-13)20-11-5-4-9(16)7-10(11)15/h4-5,7-8H,3,6H2,1-2H3,(H2,17,18,19,20). The number of ether oxygens (including phenoxy) is 1. The number of hydrogen-bond acceptors (Lipinski definition) is 5. The van der Waals surface area contributed by atoms with Crippen LogP contribution in [0.25, 0.3) is 0 Å². The van der Waals surface area contributed by atoms with E-state index in [4.69, 9.17) is 16.3 Å². The van der Waals surface area contributed by atoms with Gasteiger partial charge in [0, 0.05) is 10.1 Å². The molecule has 5 nitrogen and oxygen atoms in total. The molecule has 0 fully saturated rings. The van der Waals surface area contributed by atoms with E-state index in [0.717, 1.165) is 22.2 Å². The third-order valence-electron chi connectivity index (χ3n) is 2.73. The predicted molar refractivity (Wildman–Crippen MR) is 94.8 cm³/mol. The molecule has 21 heavy (non-hydrogen) atoms. The number of methoxy groups -OCH3 is 1. The summed E-state index contributed by atoms with van der Waals surface area (Å²) in [7, 11) is 1.59. The van der Waals surface area contributed by atoms with Gasteiger partial charge in [0.05, 0.1) is 17.8 Å². The molecule has 0 saturated carbocycles. The van der Waals surface area contributed by atoms with Crippen LogP contribution in [-0.4, -0.2) is 23.6 Å². The van der Waals surface area contributed by atoms with E-state index in [-0.39, 0.29) is 0 Å². The zero-order chi connectivity index (χ0) is 15.2. The topological polar surface area (TPSA) is 59.1 Å². The molecule has 2 N–H and O–H groups in total. The summed E-state index contributed by atoms with van der Waals surface area (Å²) in [6.07, 6.45) is 2.49. The number of rotatable bonds is 6. The first-order valence-corrected chi connectivity index (χ1v) is 7.96. The maximum absolute atomic E-state index is 6.23. The summed E-state index contributed by atoms with van der Waals surface area (Å²) in [5, 5.41) is 7.03. The van der Waals surface area contributed by atoms with Crippen LogP contribution in [0.2, 0.25) is 5.02 Å². The molecule has 0 unspecified atom stereocenters. The van der Waals surface area contributed by atoms with Crippen molar-refractivity contribution in [3.8, 4) is 5.75 Å². The third-order valence-corrected chi connectivity index (χ3v) is 3.72. The molecular formula is C14H16ClIN4O. The molecule has 0 bridgehead atoms. The zero-order valence-corrected chi connectivity index (χ0v) is 14.7. The van der Waals surface area contributed by atoms with Crippen LogP contribution < -0.4 is 15.4 Å². The van der Waals surface area contributed by atoms with Crippen molar-refractivity contribution in [1.82, 2.24) is 9.97 Å². The summed E-state index contributed by atoms with van der Waals surface area (Å²) in [4.78, 5) is 8.43. The molecule has 2 rings (SSSR count). The van der Waals surface area contributed by atoms with E-state index in [9.17, 15) is 0 Å². The molecule has 1 aromatic heterocycles. The monoisotopic (exact) mass is 418 g/mol. The number of hydrogen-bond donors (Lipinski definition) is 2. The smallest absolute Gasteiger partial charge is 0.204 e. The Morgan fingerprint density at radius 3 is 2.71 bits per heavy atom.